The Bertz CT molecular complexity index is 656. The molecule has 1 heterocycles. The Morgan fingerprint density at radius 3 is 2.67 bits per heavy atom. The molecule has 1 aromatic carbocycles. The highest BCUT2D eigenvalue weighted by Gasteiger charge is 2.16. The van der Waals surface area contributed by atoms with Crippen molar-refractivity contribution in [2.45, 2.75) is 6.92 Å². The molecule has 0 saturated carbocycles. The van der Waals surface area contributed by atoms with Gasteiger partial charge in [0.2, 0.25) is 0 Å². The van der Waals surface area contributed by atoms with Crippen LogP contribution in [0.5, 0.6) is 5.75 Å². The van der Waals surface area contributed by atoms with Crippen molar-refractivity contribution < 1.29 is 14.6 Å². The van der Waals surface area contributed by atoms with Gasteiger partial charge in [0, 0.05) is 5.69 Å². The molecule has 2 aromatic rings. The maximum atomic E-state index is 11.8. The van der Waals surface area contributed by atoms with Crippen LogP contribution in [0.2, 0.25) is 10.0 Å². The van der Waals surface area contributed by atoms with E-state index in [-0.39, 0.29) is 28.1 Å². The van der Waals surface area contributed by atoms with Crippen molar-refractivity contribution in [3.63, 3.8) is 0 Å². The van der Waals surface area contributed by atoms with Crippen LogP contribution in [0.1, 0.15) is 17.4 Å². The van der Waals surface area contributed by atoms with Gasteiger partial charge in [-0.15, -0.1) is 5.10 Å². The number of benzene rings is 1. The lowest BCUT2D eigenvalue weighted by atomic mass is 10.2. The molecule has 0 aliphatic heterocycles. The molecule has 110 valence electrons. The van der Waals surface area contributed by atoms with Crippen molar-refractivity contribution in [2.24, 2.45) is 0 Å². The number of halogens is 2. The highest BCUT2D eigenvalue weighted by Crippen LogP contribution is 2.35. The Morgan fingerprint density at radius 1 is 1.38 bits per heavy atom. The minimum atomic E-state index is -0.593. The molecule has 0 atom stereocenters. The van der Waals surface area contributed by atoms with Crippen molar-refractivity contribution in [3.05, 3.63) is 40.1 Å². The molecule has 0 unspecified atom stereocenters. The number of esters is 1. The molecule has 0 fully saturated rings. The second kappa shape index (κ2) is 6.60. The number of aromatic nitrogens is 2. The maximum Gasteiger partial charge on any atom is 0.361 e. The van der Waals surface area contributed by atoms with Gasteiger partial charge in [-0.2, -0.15) is 5.10 Å². The zero-order chi connectivity index (χ0) is 15.4. The Kier molecular flexibility index (Phi) is 4.82. The summed E-state index contributed by atoms with van der Waals surface area (Å²) in [5, 5.41) is 20.0. The molecular weight excluding hydrogens is 317 g/mol. The van der Waals surface area contributed by atoms with Crippen molar-refractivity contribution in [2.75, 3.05) is 11.9 Å². The van der Waals surface area contributed by atoms with Gasteiger partial charge in [-0.3, -0.25) is 0 Å². The number of hydrogen-bond donors (Lipinski definition) is 2. The van der Waals surface area contributed by atoms with Gasteiger partial charge in [0.15, 0.2) is 11.4 Å². The first-order chi connectivity index (χ1) is 10.0. The summed E-state index contributed by atoms with van der Waals surface area (Å²) < 4.78 is 4.90. The SMILES string of the molecule is CCOC(=O)c1nnccc1Nc1cc(Cl)c(O)c(Cl)c1. The van der Waals surface area contributed by atoms with Gasteiger partial charge in [-0.25, -0.2) is 4.79 Å². The average molecular weight is 328 g/mol. The fourth-order valence-corrected chi connectivity index (χ4v) is 2.06. The molecule has 6 nitrogen and oxygen atoms in total. The summed E-state index contributed by atoms with van der Waals surface area (Å²) in [5.41, 5.74) is 0.919. The molecule has 8 heteroatoms. The molecule has 0 bridgehead atoms. The third-order valence-electron chi connectivity index (χ3n) is 2.49. The number of nitrogens with zero attached hydrogens (tertiary/aromatic N) is 2. The van der Waals surface area contributed by atoms with E-state index in [1.165, 1.54) is 18.3 Å². The second-order valence-corrected chi connectivity index (χ2v) is 4.74. The lowest BCUT2D eigenvalue weighted by Gasteiger charge is -2.11. The number of aromatic hydroxyl groups is 1. The van der Waals surface area contributed by atoms with Gasteiger partial charge in [-0.1, -0.05) is 23.2 Å². The maximum absolute atomic E-state index is 11.8. The molecule has 0 aliphatic rings. The molecule has 0 radical (unpaired) electrons. The molecule has 0 aliphatic carbocycles. The lowest BCUT2D eigenvalue weighted by Crippen LogP contribution is -2.11. The Balaban J connectivity index is 2.34. The van der Waals surface area contributed by atoms with E-state index in [4.69, 9.17) is 27.9 Å². The normalized spacial score (nSPS) is 10.2. The molecule has 2 rings (SSSR count). The number of ether oxygens (including phenoxy) is 1. The van der Waals surface area contributed by atoms with Gasteiger partial charge in [0.1, 0.15) is 0 Å². The van der Waals surface area contributed by atoms with Crippen LogP contribution in [0.25, 0.3) is 0 Å². The molecular formula is C13H11Cl2N3O3. The molecule has 0 amide bonds. The van der Waals surface area contributed by atoms with Crippen molar-refractivity contribution >= 4 is 40.5 Å². The average Bonchev–Trinajstić information content (AvgIpc) is 2.45. The quantitative estimate of drug-likeness (QED) is 0.661. The first kappa shape index (κ1) is 15.3. The van der Waals surface area contributed by atoms with E-state index in [1.54, 1.807) is 13.0 Å². The summed E-state index contributed by atoms with van der Waals surface area (Å²) in [6.07, 6.45) is 1.43. The Hall–Kier alpha value is -2.05. The number of anilines is 2. The van der Waals surface area contributed by atoms with Crippen LogP contribution < -0.4 is 5.32 Å². The fraction of sp³-hybridized carbons (Fsp3) is 0.154. The van der Waals surface area contributed by atoms with E-state index >= 15 is 0 Å². The molecule has 1 aromatic heterocycles. The second-order valence-electron chi connectivity index (χ2n) is 3.93. The monoisotopic (exact) mass is 327 g/mol. The first-order valence-electron chi connectivity index (χ1n) is 5.96. The Morgan fingerprint density at radius 2 is 2.05 bits per heavy atom. The highest BCUT2D eigenvalue weighted by molar-refractivity contribution is 6.37. The van der Waals surface area contributed by atoms with Gasteiger partial charge in [0.05, 0.1) is 28.5 Å². The molecule has 0 spiro atoms. The fourth-order valence-electron chi connectivity index (χ4n) is 1.58. The number of rotatable bonds is 4. The third-order valence-corrected chi connectivity index (χ3v) is 3.06. The zero-order valence-electron chi connectivity index (χ0n) is 10.9. The zero-order valence-corrected chi connectivity index (χ0v) is 12.4. The first-order valence-corrected chi connectivity index (χ1v) is 6.72. The molecule has 2 N–H and O–H groups in total. The number of hydrogen-bond acceptors (Lipinski definition) is 6. The van der Waals surface area contributed by atoms with Crippen molar-refractivity contribution in [1.29, 1.82) is 0 Å². The van der Waals surface area contributed by atoms with Crippen LogP contribution in [0, 0.1) is 0 Å². The largest absolute Gasteiger partial charge is 0.505 e. The van der Waals surface area contributed by atoms with Crippen LogP contribution >= 0.6 is 23.2 Å². The summed E-state index contributed by atoms with van der Waals surface area (Å²) in [7, 11) is 0. The highest BCUT2D eigenvalue weighted by atomic mass is 35.5. The lowest BCUT2D eigenvalue weighted by molar-refractivity contribution is 0.0519. The minimum Gasteiger partial charge on any atom is -0.505 e. The summed E-state index contributed by atoms with van der Waals surface area (Å²) in [4.78, 5) is 11.8. The van der Waals surface area contributed by atoms with Gasteiger partial charge in [0.25, 0.3) is 0 Å². The van der Waals surface area contributed by atoms with Crippen LogP contribution in [-0.2, 0) is 4.74 Å². The predicted octanol–water partition coefficient (Wildman–Crippen LogP) is 3.41. The van der Waals surface area contributed by atoms with E-state index in [9.17, 15) is 9.90 Å². The topological polar surface area (TPSA) is 84.3 Å². The number of nitrogens with one attached hydrogen (secondary N) is 1. The summed E-state index contributed by atoms with van der Waals surface area (Å²) in [6.45, 7) is 1.92. The van der Waals surface area contributed by atoms with Crippen LogP contribution in [0.15, 0.2) is 24.4 Å². The van der Waals surface area contributed by atoms with Crippen molar-refractivity contribution in [3.8, 4) is 5.75 Å². The summed E-state index contributed by atoms with van der Waals surface area (Å²) in [5.74, 6) is -0.800. The Labute approximate surface area is 130 Å². The van der Waals surface area contributed by atoms with E-state index in [1.807, 2.05) is 0 Å². The van der Waals surface area contributed by atoms with E-state index in [0.717, 1.165) is 0 Å². The number of phenolic OH excluding ortho intramolecular Hbond substituents is 1. The number of carbonyl (C=O) groups is 1. The van der Waals surface area contributed by atoms with Crippen LogP contribution in [0.4, 0.5) is 11.4 Å². The van der Waals surface area contributed by atoms with Crippen molar-refractivity contribution in [1.82, 2.24) is 10.2 Å². The van der Waals surface area contributed by atoms with Gasteiger partial charge >= 0.3 is 5.97 Å². The third kappa shape index (κ3) is 3.53. The van der Waals surface area contributed by atoms with Crippen LogP contribution in [0.3, 0.4) is 0 Å². The summed E-state index contributed by atoms with van der Waals surface area (Å²) in [6, 6.07) is 4.50. The van der Waals surface area contributed by atoms with E-state index in [0.29, 0.717) is 11.4 Å². The minimum absolute atomic E-state index is 0.0414. The predicted molar refractivity (Wildman–Crippen MR) is 79.4 cm³/mol. The van der Waals surface area contributed by atoms with Gasteiger partial charge < -0.3 is 15.2 Å². The van der Waals surface area contributed by atoms with E-state index < -0.39 is 5.97 Å². The smallest absolute Gasteiger partial charge is 0.361 e. The van der Waals surface area contributed by atoms with E-state index in [2.05, 4.69) is 15.5 Å². The standard InChI is InChI=1S/C13H11Cl2N3O3/c1-2-21-13(20)11-10(3-4-16-18-11)17-7-5-8(14)12(19)9(15)6-7/h3-6,19H,2H2,1H3,(H,16,17). The molecule has 21 heavy (non-hydrogen) atoms. The summed E-state index contributed by atoms with van der Waals surface area (Å²) >= 11 is 11.7. The number of phenols is 1. The number of carbonyl (C=O) groups excluding carboxylic acids is 1. The van der Waals surface area contributed by atoms with Gasteiger partial charge in [-0.05, 0) is 25.1 Å². The van der Waals surface area contributed by atoms with Crippen LogP contribution in [-0.4, -0.2) is 27.9 Å². The molecule has 0 saturated heterocycles.